The second kappa shape index (κ2) is 7.33. The number of halogens is 2. The standard InChI is InChI=1S/C18H16Cl2N2O3/c1-25-16-7-4-12(20)8-15(16)18(24)21-13-9-17(23)22(10-13)14-5-2-11(19)3-6-14/h2-8,13H,9-10H2,1H3,(H,21,24). The maximum absolute atomic E-state index is 12.5. The Bertz CT molecular complexity index is 808. The van der Waals surface area contributed by atoms with Crippen molar-refractivity contribution in [3.63, 3.8) is 0 Å². The zero-order chi connectivity index (χ0) is 18.0. The van der Waals surface area contributed by atoms with E-state index in [1.54, 1.807) is 47.4 Å². The number of rotatable bonds is 4. The Morgan fingerprint density at radius 1 is 1.16 bits per heavy atom. The number of anilines is 1. The number of carbonyl (C=O) groups excluding carboxylic acids is 2. The molecule has 0 bridgehead atoms. The molecule has 2 aromatic carbocycles. The average Bonchev–Trinajstić information content (AvgIpc) is 2.95. The van der Waals surface area contributed by atoms with Crippen LogP contribution >= 0.6 is 23.2 Å². The summed E-state index contributed by atoms with van der Waals surface area (Å²) in [5.41, 5.74) is 1.10. The van der Waals surface area contributed by atoms with Crippen molar-refractivity contribution in [1.82, 2.24) is 5.32 Å². The lowest BCUT2D eigenvalue weighted by molar-refractivity contribution is -0.117. The predicted octanol–water partition coefficient (Wildman–Crippen LogP) is 3.54. The molecule has 1 aliphatic heterocycles. The smallest absolute Gasteiger partial charge is 0.255 e. The first-order chi connectivity index (χ1) is 12.0. The molecule has 1 atom stereocenters. The Kier molecular flexibility index (Phi) is 5.16. The first kappa shape index (κ1) is 17.6. The number of hydrogen-bond acceptors (Lipinski definition) is 3. The SMILES string of the molecule is COc1ccc(Cl)cc1C(=O)NC1CC(=O)N(c2ccc(Cl)cc2)C1. The van der Waals surface area contributed by atoms with Gasteiger partial charge in [0.05, 0.1) is 18.7 Å². The topological polar surface area (TPSA) is 58.6 Å². The number of hydrogen-bond donors (Lipinski definition) is 1. The van der Waals surface area contributed by atoms with Gasteiger partial charge in [0, 0.05) is 28.7 Å². The fourth-order valence-electron chi connectivity index (χ4n) is 2.80. The molecule has 1 aliphatic rings. The van der Waals surface area contributed by atoms with Crippen molar-refractivity contribution in [3.8, 4) is 5.75 Å². The number of nitrogens with one attached hydrogen (secondary N) is 1. The minimum absolute atomic E-state index is 0.0503. The Balaban J connectivity index is 1.72. The summed E-state index contributed by atoms with van der Waals surface area (Å²) in [6.45, 7) is 0.398. The van der Waals surface area contributed by atoms with E-state index in [-0.39, 0.29) is 24.3 Å². The van der Waals surface area contributed by atoms with E-state index in [1.165, 1.54) is 7.11 Å². The summed E-state index contributed by atoms with van der Waals surface area (Å²) in [6.07, 6.45) is 0.233. The Labute approximate surface area is 155 Å². The summed E-state index contributed by atoms with van der Waals surface area (Å²) in [4.78, 5) is 26.4. The van der Waals surface area contributed by atoms with Gasteiger partial charge in [-0.1, -0.05) is 23.2 Å². The zero-order valence-electron chi connectivity index (χ0n) is 13.5. The molecule has 2 amide bonds. The molecule has 130 valence electrons. The van der Waals surface area contributed by atoms with Crippen LogP contribution in [0, 0.1) is 0 Å². The van der Waals surface area contributed by atoms with Gasteiger partial charge >= 0.3 is 0 Å². The van der Waals surface area contributed by atoms with Gasteiger partial charge in [-0.15, -0.1) is 0 Å². The van der Waals surface area contributed by atoms with Crippen molar-refractivity contribution in [3.05, 3.63) is 58.1 Å². The number of ether oxygens (including phenoxy) is 1. The Morgan fingerprint density at radius 2 is 1.84 bits per heavy atom. The van der Waals surface area contributed by atoms with E-state index < -0.39 is 0 Å². The van der Waals surface area contributed by atoms with Gasteiger partial charge in [-0.25, -0.2) is 0 Å². The van der Waals surface area contributed by atoms with E-state index >= 15 is 0 Å². The van der Waals surface area contributed by atoms with Crippen LogP contribution in [-0.4, -0.2) is 31.5 Å². The molecule has 25 heavy (non-hydrogen) atoms. The van der Waals surface area contributed by atoms with E-state index in [0.29, 0.717) is 27.9 Å². The lowest BCUT2D eigenvalue weighted by Crippen LogP contribution is -2.37. The number of methoxy groups -OCH3 is 1. The van der Waals surface area contributed by atoms with E-state index in [0.717, 1.165) is 5.69 Å². The number of amides is 2. The van der Waals surface area contributed by atoms with E-state index in [2.05, 4.69) is 5.32 Å². The minimum Gasteiger partial charge on any atom is -0.496 e. The predicted molar refractivity (Wildman–Crippen MR) is 97.7 cm³/mol. The molecule has 5 nitrogen and oxygen atoms in total. The second-order valence-electron chi connectivity index (χ2n) is 5.70. The molecule has 1 fully saturated rings. The Hall–Kier alpha value is -2.24. The Morgan fingerprint density at radius 3 is 2.52 bits per heavy atom. The van der Waals surface area contributed by atoms with Crippen molar-refractivity contribution in [2.24, 2.45) is 0 Å². The van der Waals surface area contributed by atoms with Crippen LogP contribution in [0.25, 0.3) is 0 Å². The molecular weight excluding hydrogens is 363 g/mol. The van der Waals surface area contributed by atoms with Crippen LogP contribution in [0.1, 0.15) is 16.8 Å². The van der Waals surface area contributed by atoms with Gasteiger partial charge in [0.25, 0.3) is 5.91 Å². The summed E-state index contributed by atoms with van der Waals surface area (Å²) in [5, 5.41) is 3.92. The van der Waals surface area contributed by atoms with Crippen molar-refractivity contribution in [1.29, 1.82) is 0 Å². The van der Waals surface area contributed by atoms with Crippen LogP contribution in [0.5, 0.6) is 5.75 Å². The average molecular weight is 379 g/mol. The minimum atomic E-state index is -0.324. The number of benzene rings is 2. The first-order valence-electron chi connectivity index (χ1n) is 7.68. The second-order valence-corrected chi connectivity index (χ2v) is 6.57. The maximum Gasteiger partial charge on any atom is 0.255 e. The third-order valence-corrected chi connectivity index (χ3v) is 4.49. The third kappa shape index (κ3) is 3.89. The molecular formula is C18H16Cl2N2O3. The van der Waals surface area contributed by atoms with Gasteiger partial charge in [-0.3, -0.25) is 9.59 Å². The lowest BCUT2D eigenvalue weighted by Gasteiger charge is -2.18. The quantitative estimate of drug-likeness (QED) is 0.884. The highest BCUT2D eigenvalue weighted by Crippen LogP contribution is 2.25. The highest BCUT2D eigenvalue weighted by molar-refractivity contribution is 6.31. The van der Waals surface area contributed by atoms with Gasteiger partial charge in [-0.05, 0) is 42.5 Å². The lowest BCUT2D eigenvalue weighted by atomic mass is 10.1. The van der Waals surface area contributed by atoms with Crippen LogP contribution in [-0.2, 0) is 4.79 Å². The van der Waals surface area contributed by atoms with Crippen molar-refractivity contribution in [2.45, 2.75) is 12.5 Å². The first-order valence-corrected chi connectivity index (χ1v) is 8.44. The molecule has 0 aromatic heterocycles. The van der Waals surface area contributed by atoms with Crippen molar-refractivity contribution >= 4 is 40.7 Å². The van der Waals surface area contributed by atoms with Crippen LogP contribution in [0.4, 0.5) is 5.69 Å². The molecule has 1 unspecified atom stereocenters. The van der Waals surface area contributed by atoms with E-state index in [9.17, 15) is 9.59 Å². The molecule has 1 heterocycles. The molecule has 1 N–H and O–H groups in total. The molecule has 1 saturated heterocycles. The van der Waals surface area contributed by atoms with Crippen LogP contribution < -0.4 is 15.0 Å². The largest absolute Gasteiger partial charge is 0.496 e. The fraction of sp³-hybridized carbons (Fsp3) is 0.222. The number of carbonyl (C=O) groups is 2. The van der Waals surface area contributed by atoms with Gasteiger partial charge in [0.1, 0.15) is 5.75 Å². The summed E-state index contributed by atoms with van der Waals surface area (Å²) in [6, 6.07) is 11.6. The summed E-state index contributed by atoms with van der Waals surface area (Å²) < 4.78 is 5.20. The van der Waals surface area contributed by atoms with Crippen LogP contribution in [0.2, 0.25) is 10.0 Å². The molecule has 0 radical (unpaired) electrons. The molecule has 3 rings (SSSR count). The van der Waals surface area contributed by atoms with E-state index in [4.69, 9.17) is 27.9 Å². The maximum atomic E-state index is 12.5. The summed E-state index contributed by atoms with van der Waals surface area (Å²) in [7, 11) is 1.49. The molecule has 7 heteroatoms. The monoisotopic (exact) mass is 378 g/mol. The molecule has 0 spiro atoms. The van der Waals surface area contributed by atoms with Gasteiger partial charge in [0.2, 0.25) is 5.91 Å². The van der Waals surface area contributed by atoms with Gasteiger partial charge in [0.15, 0.2) is 0 Å². The van der Waals surface area contributed by atoms with Gasteiger partial charge < -0.3 is 15.0 Å². The zero-order valence-corrected chi connectivity index (χ0v) is 15.0. The molecule has 0 aliphatic carbocycles. The molecule has 2 aromatic rings. The van der Waals surface area contributed by atoms with Crippen LogP contribution in [0.3, 0.4) is 0 Å². The van der Waals surface area contributed by atoms with Crippen molar-refractivity contribution in [2.75, 3.05) is 18.6 Å². The third-order valence-electron chi connectivity index (χ3n) is 4.00. The summed E-state index contributed by atoms with van der Waals surface area (Å²) in [5.74, 6) is 0.0570. The molecule has 0 saturated carbocycles. The fourth-order valence-corrected chi connectivity index (χ4v) is 3.09. The highest BCUT2D eigenvalue weighted by Gasteiger charge is 2.32. The van der Waals surface area contributed by atoms with Crippen molar-refractivity contribution < 1.29 is 14.3 Å². The summed E-state index contributed by atoms with van der Waals surface area (Å²) >= 11 is 11.8. The number of nitrogens with zero attached hydrogens (tertiary/aromatic N) is 1. The van der Waals surface area contributed by atoms with Crippen LogP contribution in [0.15, 0.2) is 42.5 Å². The normalized spacial score (nSPS) is 16.8. The van der Waals surface area contributed by atoms with E-state index in [1.807, 2.05) is 0 Å². The highest BCUT2D eigenvalue weighted by atomic mass is 35.5. The van der Waals surface area contributed by atoms with Gasteiger partial charge in [-0.2, -0.15) is 0 Å².